The van der Waals surface area contributed by atoms with E-state index in [1.165, 1.54) is 12.1 Å². The third-order valence-electron chi connectivity index (χ3n) is 4.34. The third kappa shape index (κ3) is 5.04. The van der Waals surface area contributed by atoms with E-state index in [0.29, 0.717) is 11.5 Å². The molecule has 0 spiro atoms. The summed E-state index contributed by atoms with van der Waals surface area (Å²) in [4.78, 5) is 24.1. The Morgan fingerprint density at radius 1 is 1.03 bits per heavy atom. The zero-order valence-corrected chi connectivity index (χ0v) is 16.7. The number of fused-ring (bicyclic) bond motifs is 1. The van der Waals surface area contributed by atoms with Crippen molar-refractivity contribution in [1.82, 2.24) is 15.6 Å². The fraction of sp³-hybridized carbons (Fsp3) is 0.263. The van der Waals surface area contributed by atoms with Crippen LogP contribution in [0.15, 0.2) is 47.4 Å². The Kier molecular flexibility index (Phi) is 6.04. The number of amides is 2. The summed E-state index contributed by atoms with van der Waals surface area (Å²) in [6, 6.07) is 11.6. The van der Waals surface area contributed by atoms with Crippen LogP contribution in [0.4, 0.5) is 0 Å². The first-order valence-corrected chi connectivity index (χ1v) is 10.3. The number of aryl methyl sites for hydroxylation is 2. The second-order valence-electron chi connectivity index (χ2n) is 6.47. The van der Waals surface area contributed by atoms with Crippen LogP contribution < -0.4 is 25.0 Å². The topological polar surface area (TPSA) is 123 Å². The number of ether oxygens (including phenoxy) is 2. The largest absolute Gasteiger partial charge is 0.485 e. The Morgan fingerprint density at radius 2 is 1.76 bits per heavy atom. The molecule has 3 N–H and O–H groups in total. The van der Waals surface area contributed by atoms with Crippen molar-refractivity contribution in [2.24, 2.45) is 0 Å². The molecule has 0 aromatic heterocycles. The van der Waals surface area contributed by atoms with Crippen molar-refractivity contribution in [2.75, 3.05) is 13.2 Å². The van der Waals surface area contributed by atoms with Gasteiger partial charge in [-0.1, -0.05) is 18.2 Å². The quantitative estimate of drug-likeness (QED) is 0.609. The van der Waals surface area contributed by atoms with Gasteiger partial charge in [0.05, 0.1) is 11.4 Å². The SMILES string of the molecule is Cc1ccc(S(=O)(=O)NCC(=O)NNC(=O)C2COc3ccccc3O2)cc1C. The minimum Gasteiger partial charge on any atom is -0.485 e. The fourth-order valence-electron chi connectivity index (χ4n) is 2.53. The molecule has 154 valence electrons. The van der Waals surface area contributed by atoms with Crippen molar-refractivity contribution in [3.63, 3.8) is 0 Å². The lowest BCUT2D eigenvalue weighted by Gasteiger charge is -2.25. The minimum absolute atomic E-state index is 0.0158. The van der Waals surface area contributed by atoms with Gasteiger partial charge in [-0.2, -0.15) is 0 Å². The summed E-state index contributed by atoms with van der Waals surface area (Å²) in [5.41, 5.74) is 6.12. The lowest BCUT2D eigenvalue weighted by atomic mass is 10.1. The molecule has 1 aliphatic heterocycles. The molecule has 0 bridgehead atoms. The van der Waals surface area contributed by atoms with Crippen LogP contribution in [-0.4, -0.2) is 39.5 Å². The molecule has 1 aliphatic rings. The van der Waals surface area contributed by atoms with Crippen LogP contribution in [0.3, 0.4) is 0 Å². The van der Waals surface area contributed by atoms with Gasteiger partial charge in [-0.25, -0.2) is 13.1 Å². The van der Waals surface area contributed by atoms with Gasteiger partial charge in [-0.15, -0.1) is 0 Å². The molecule has 29 heavy (non-hydrogen) atoms. The van der Waals surface area contributed by atoms with Gasteiger partial charge in [-0.05, 0) is 49.2 Å². The minimum atomic E-state index is -3.86. The molecule has 2 aromatic carbocycles. The average Bonchev–Trinajstić information content (AvgIpc) is 2.72. The van der Waals surface area contributed by atoms with Crippen LogP contribution in [-0.2, 0) is 19.6 Å². The molecule has 9 nitrogen and oxygen atoms in total. The number of rotatable bonds is 5. The Labute approximate surface area is 168 Å². The van der Waals surface area contributed by atoms with E-state index in [9.17, 15) is 18.0 Å². The first-order chi connectivity index (χ1) is 13.8. The number of sulfonamides is 1. The number of carbonyl (C=O) groups is 2. The van der Waals surface area contributed by atoms with Gasteiger partial charge in [0.1, 0.15) is 6.61 Å². The lowest BCUT2D eigenvalue weighted by Crippen LogP contribution is -2.52. The van der Waals surface area contributed by atoms with Gasteiger partial charge in [-0.3, -0.25) is 20.4 Å². The van der Waals surface area contributed by atoms with Crippen molar-refractivity contribution in [3.05, 3.63) is 53.6 Å². The molecule has 2 aromatic rings. The van der Waals surface area contributed by atoms with E-state index in [1.807, 2.05) is 6.92 Å². The highest BCUT2D eigenvalue weighted by molar-refractivity contribution is 7.89. The number of hydrazine groups is 1. The molecule has 1 unspecified atom stereocenters. The third-order valence-corrected chi connectivity index (χ3v) is 5.74. The highest BCUT2D eigenvalue weighted by Gasteiger charge is 2.27. The molecule has 0 saturated carbocycles. The summed E-state index contributed by atoms with van der Waals surface area (Å²) < 4.78 is 37.7. The predicted molar refractivity (Wildman–Crippen MR) is 104 cm³/mol. The monoisotopic (exact) mass is 419 g/mol. The first-order valence-electron chi connectivity index (χ1n) is 8.80. The summed E-state index contributed by atoms with van der Waals surface area (Å²) in [6.45, 7) is 3.11. The van der Waals surface area contributed by atoms with Crippen LogP contribution in [0.2, 0.25) is 0 Å². The summed E-state index contributed by atoms with van der Waals surface area (Å²) >= 11 is 0. The molecular weight excluding hydrogens is 398 g/mol. The maximum atomic E-state index is 12.3. The number of para-hydroxylation sites is 2. The number of nitrogens with one attached hydrogen (secondary N) is 3. The van der Waals surface area contributed by atoms with Crippen LogP contribution in [0, 0.1) is 13.8 Å². The van der Waals surface area contributed by atoms with E-state index >= 15 is 0 Å². The molecule has 0 radical (unpaired) electrons. The predicted octanol–water partition coefficient (Wildman–Crippen LogP) is 0.569. The van der Waals surface area contributed by atoms with Crippen molar-refractivity contribution >= 4 is 21.8 Å². The highest BCUT2D eigenvalue weighted by Crippen LogP contribution is 2.30. The molecule has 3 rings (SSSR count). The zero-order chi connectivity index (χ0) is 21.0. The Hall–Kier alpha value is -3.11. The smallest absolute Gasteiger partial charge is 0.283 e. The van der Waals surface area contributed by atoms with E-state index in [-0.39, 0.29) is 11.5 Å². The maximum Gasteiger partial charge on any atom is 0.283 e. The Bertz CT molecular complexity index is 1040. The van der Waals surface area contributed by atoms with Crippen LogP contribution in [0.1, 0.15) is 11.1 Å². The summed E-state index contributed by atoms with van der Waals surface area (Å²) in [6.07, 6.45) is -0.947. The van der Waals surface area contributed by atoms with Crippen molar-refractivity contribution in [1.29, 1.82) is 0 Å². The summed E-state index contributed by atoms with van der Waals surface area (Å²) in [7, 11) is -3.86. The number of carbonyl (C=O) groups excluding carboxylic acids is 2. The molecule has 1 heterocycles. The summed E-state index contributed by atoms with van der Waals surface area (Å²) in [5.74, 6) is -0.402. The lowest BCUT2D eigenvalue weighted by molar-refractivity contribution is -0.134. The van der Waals surface area contributed by atoms with Gasteiger partial charge in [0.15, 0.2) is 11.5 Å². The number of hydrogen-bond donors (Lipinski definition) is 3. The second kappa shape index (κ2) is 8.50. The summed E-state index contributed by atoms with van der Waals surface area (Å²) in [5, 5.41) is 0. The number of benzene rings is 2. The van der Waals surface area contributed by atoms with E-state index in [4.69, 9.17) is 9.47 Å². The van der Waals surface area contributed by atoms with Crippen LogP contribution >= 0.6 is 0 Å². The number of hydrogen-bond acceptors (Lipinski definition) is 6. The molecule has 0 aliphatic carbocycles. The van der Waals surface area contributed by atoms with Crippen LogP contribution in [0.5, 0.6) is 11.5 Å². The van der Waals surface area contributed by atoms with Crippen LogP contribution in [0.25, 0.3) is 0 Å². The first kappa shape index (κ1) is 20.6. The van der Waals surface area contributed by atoms with Gasteiger partial charge in [0.25, 0.3) is 11.8 Å². The van der Waals surface area contributed by atoms with Gasteiger partial charge in [0.2, 0.25) is 16.1 Å². The second-order valence-corrected chi connectivity index (χ2v) is 8.24. The van der Waals surface area contributed by atoms with Gasteiger partial charge in [0, 0.05) is 0 Å². The van der Waals surface area contributed by atoms with E-state index in [2.05, 4.69) is 15.6 Å². The fourth-order valence-corrected chi connectivity index (χ4v) is 3.60. The zero-order valence-electron chi connectivity index (χ0n) is 15.9. The van der Waals surface area contributed by atoms with Crippen molar-refractivity contribution in [2.45, 2.75) is 24.8 Å². The molecule has 2 amide bonds. The molecule has 0 saturated heterocycles. The van der Waals surface area contributed by atoms with E-state index < -0.39 is 34.5 Å². The normalized spacial score (nSPS) is 15.4. The standard InChI is InChI=1S/C19H21N3O6S/c1-12-7-8-14(9-13(12)2)29(25,26)20-10-18(23)21-22-19(24)17-11-27-15-5-3-4-6-16(15)28-17/h3-9,17,20H,10-11H2,1-2H3,(H,21,23)(H,22,24). The van der Waals surface area contributed by atoms with E-state index in [0.717, 1.165) is 11.1 Å². The highest BCUT2D eigenvalue weighted by atomic mass is 32.2. The van der Waals surface area contributed by atoms with Gasteiger partial charge < -0.3 is 9.47 Å². The average molecular weight is 419 g/mol. The van der Waals surface area contributed by atoms with E-state index in [1.54, 1.807) is 37.3 Å². The molecule has 0 fully saturated rings. The Balaban J connectivity index is 1.48. The molecule has 10 heteroatoms. The molecular formula is C19H21N3O6S. The van der Waals surface area contributed by atoms with Crippen molar-refractivity contribution < 1.29 is 27.5 Å². The van der Waals surface area contributed by atoms with Crippen molar-refractivity contribution in [3.8, 4) is 11.5 Å². The molecule has 1 atom stereocenters. The van der Waals surface area contributed by atoms with Gasteiger partial charge >= 0.3 is 0 Å². The maximum absolute atomic E-state index is 12.3. The Morgan fingerprint density at radius 3 is 2.48 bits per heavy atom.